The van der Waals surface area contributed by atoms with Crippen molar-refractivity contribution in [3.05, 3.63) is 5.01 Å². The van der Waals surface area contributed by atoms with Gasteiger partial charge in [0, 0.05) is 6.42 Å². The number of carbonyl (C=O) groups is 1. The molecule has 14 heavy (non-hydrogen) atoms. The normalized spacial score (nSPS) is 12.5. The fourth-order valence-electron chi connectivity index (χ4n) is 0.838. The third-order valence-corrected chi connectivity index (χ3v) is 2.47. The van der Waals surface area contributed by atoms with Gasteiger partial charge in [-0.15, -0.1) is 10.2 Å². The number of nitrogens with one attached hydrogen (secondary N) is 1. The summed E-state index contributed by atoms with van der Waals surface area (Å²) in [6.45, 7) is 3.70. The van der Waals surface area contributed by atoms with Gasteiger partial charge in [-0.2, -0.15) is 0 Å². The van der Waals surface area contributed by atoms with Crippen molar-refractivity contribution in [3.8, 4) is 0 Å². The van der Waals surface area contributed by atoms with E-state index in [-0.39, 0.29) is 5.91 Å². The zero-order chi connectivity index (χ0) is 10.6. The highest BCUT2D eigenvalue weighted by atomic mass is 32.1. The summed E-state index contributed by atoms with van der Waals surface area (Å²) in [6, 6.07) is -0.520. The van der Waals surface area contributed by atoms with E-state index in [1.807, 2.05) is 0 Å². The second kappa shape index (κ2) is 5.02. The largest absolute Gasteiger partial charge is 0.320 e. The van der Waals surface area contributed by atoms with Crippen LogP contribution in [0.25, 0.3) is 0 Å². The maximum Gasteiger partial charge on any atom is 0.242 e. The molecule has 0 radical (unpaired) electrons. The molecule has 0 fully saturated rings. The van der Waals surface area contributed by atoms with E-state index in [9.17, 15) is 4.79 Å². The highest BCUT2D eigenvalue weighted by Crippen LogP contribution is 2.16. The van der Waals surface area contributed by atoms with Gasteiger partial charge in [0.25, 0.3) is 0 Å². The Bertz CT molecular complexity index is 310. The Morgan fingerprint density at radius 1 is 1.64 bits per heavy atom. The van der Waals surface area contributed by atoms with Crippen molar-refractivity contribution < 1.29 is 4.79 Å². The van der Waals surface area contributed by atoms with Crippen molar-refractivity contribution in [2.75, 3.05) is 5.32 Å². The van der Waals surface area contributed by atoms with E-state index in [1.54, 1.807) is 6.92 Å². The number of anilines is 1. The lowest BCUT2D eigenvalue weighted by Crippen LogP contribution is -2.32. The minimum atomic E-state index is -0.520. The molecule has 0 aliphatic rings. The molecule has 0 saturated heterocycles. The van der Waals surface area contributed by atoms with Crippen LogP contribution >= 0.6 is 11.3 Å². The molecule has 0 saturated carbocycles. The van der Waals surface area contributed by atoms with Gasteiger partial charge in [-0.1, -0.05) is 18.3 Å². The SMILES string of the molecule is CCCc1nnc(NC(=O)[C@@H](C)N)s1. The molecule has 5 nitrogen and oxygen atoms in total. The Morgan fingerprint density at radius 3 is 2.93 bits per heavy atom. The Kier molecular flexibility index (Phi) is 3.97. The highest BCUT2D eigenvalue weighted by Gasteiger charge is 2.10. The lowest BCUT2D eigenvalue weighted by molar-refractivity contribution is -0.117. The summed E-state index contributed by atoms with van der Waals surface area (Å²) in [5.74, 6) is -0.232. The number of nitrogens with zero attached hydrogens (tertiary/aromatic N) is 2. The van der Waals surface area contributed by atoms with Gasteiger partial charge in [0.15, 0.2) is 0 Å². The first-order valence-corrected chi connectivity index (χ1v) is 5.34. The molecule has 3 N–H and O–H groups in total. The van der Waals surface area contributed by atoms with E-state index < -0.39 is 6.04 Å². The molecule has 1 aromatic heterocycles. The first-order chi connectivity index (χ1) is 6.63. The van der Waals surface area contributed by atoms with Gasteiger partial charge < -0.3 is 5.73 Å². The molecule has 1 rings (SSSR count). The molecule has 1 aromatic rings. The lowest BCUT2D eigenvalue weighted by Gasteiger charge is -2.02. The van der Waals surface area contributed by atoms with Gasteiger partial charge in [0.05, 0.1) is 6.04 Å². The zero-order valence-electron chi connectivity index (χ0n) is 8.28. The van der Waals surface area contributed by atoms with Gasteiger partial charge in [0.1, 0.15) is 5.01 Å². The van der Waals surface area contributed by atoms with E-state index in [0.717, 1.165) is 17.8 Å². The summed E-state index contributed by atoms with van der Waals surface area (Å²) in [5, 5.41) is 11.8. The smallest absolute Gasteiger partial charge is 0.242 e. The summed E-state index contributed by atoms with van der Waals surface area (Å²) >= 11 is 1.39. The number of nitrogens with two attached hydrogens (primary N) is 1. The van der Waals surface area contributed by atoms with E-state index in [4.69, 9.17) is 5.73 Å². The number of hydrogen-bond donors (Lipinski definition) is 2. The van der Waals surface area contributed by atoms with Crippen LogP contribution in [0.5, 0.6) is 0 Å². The number of rotatable bonds is 4. The van der Waals surface area contributed by atoms with Crippen LogP contribution in [0.3, 0.4) is 0 Å². The van der Waals surface area contributed by atoms with Crippen molar-refractivity contribution in [1.29, 1.82) is 0 Å². The van der Waals surface area contributed by atoms with Gasteiger partial charge in [-0.05, 0) is 13.3 Å². The van der Waals surface area contributed by atoms with E-state index in [2.05, 4.69) is 22.4 Å². The first-order valence-electron chi connectivity index (χ1n) is 4.52. The maximum atomic E-state index is 11.2. The molecule has 0 bridgehead atoms. The van der Waals surface area contributed by atoms with E-state index in [0.29, 0.717) is 5.13 Å². The predicted octanol–water partition coefficient (Wildman–Crippen LogP) is 0.776. The van der Waals surface area contributed by atoms with Crippen LogP contribution in [0.15, 0.2) is 0 Å². The van der Waals surface area contributed by atoms with Crippen LogP contribution in [-0.4, -0.2) is 22.1 Å². The Hall–Kier alpha value is -1.01. The van der Waals surface area contributed by atoms with Gasteiger partial charge in [0.2, 0.25) is 11.0 Å². The minimum Gasteiger partial charge on any atom is -0.320 e. The van der Waals surface area contributed by atoms with Crippen LogP contribution in [0, 0.1) is 0 Å². The number of carbonyl (C=O) groups excluding carboxylic acids is 1. The molecule has 1 atom stereocenters. The number of hydrogen-bond acceptors (Lipinski definition) is 5. The quantitative estimate of drug-likeness (QED) is 0.776. The molecule has 0 aromatic carbocycles. The third kappa shape index (κ3) is 3.04. The fourth-order valence-corrected chi connectivity index (χ4v) is 1.68. The van der Waals surface area contributed by atoms with Crippen molar-refractivity contribution in [3.63, 3.8) is 0 Å². The Morgan fingerprint density at radius 2 is 2.36 bits per heavy atom. The standard InChI is InChI=1S/C8H14N4OS/c1-3-4-6-11-12-8(14-6)10-7(13)5(2)9/h5H,3-4,9H2,1-2H3,(H,10,12,13)/t5-/m1/s1. The second-order valence-corrected chi connectivity index (χ2v) is 4.09. The first kappa shape index (κ1) is 11.1. The molecule has 0 unspecified atom stereocenters. The molecule has 0 spiro atoms. The Labute approximate surface area is 86.7 Å². The van der Waals surface area contributed by atoms with E-state index in [1.165, 1.54) is 11.3 Å². The molecule has 6 heteroatoms. The van der Waals surface area contributed by atoms with Gasteiger partial charge in [-0.3, -0.25) is 10.1 Å². The van der Waals surface area contributed by atoms with Crippen molar-refractivity contribution in [2.24, 2.45) is 5.73 Å². The van der Waals surface area contributed by atoms with Crippen LogP contribution in [0.1, 0.15) is 25.3 Å². The van der Waals surface area contributed by atoms with Crippen LogP contribution in [0.4, 0.5) is 5.13 Å². The summed E-state index contributed by atoms with van der Waals surface area (Å²) < 4.78 is 0. The maximum absolute atomic E-state index is 11.2. The lowest BCUT2D eigenvalue weighted by atomic mass is 10.3. The zero-order valence-corrected chi connectivity index (χ0v) is 9.10. The molecular weight excluding hydrogens is 200 g/mol. The van der Waals surface area contributed by atoms with Crippen LogP contribution < -0.4 is 11.1 Å². The number of aryl methyl sites for hydroxylation is 1. The van der Waals surface area contributed by atoms with Crippen molar-refractivity contribution in [1.82, 2.24) is 10.2 Å². The number of amides is 1. The molecule has 78 valence electrons. The third-order valence-electron chi connectivity index (χ3n) is 1.57. The fraction of sp³-hybridized carbons (Fsp3) is 0.625. The highest BCUT2D eigenvalue weighted by molar-refractivity contribution is 7.15. The second-order valence-electron chi connectivity index (χ2n) is 3.03. The van der Waals surface area contributed by atoms with Gasteiger partial charge >= 0.3 is 0 Å². The van der Waals surface area contributed by atoms with Gasteiger partial charge in [-0.25, -0.2) is 0 Å². The summed E-state index contributed by atoms with van der Waals surface area (Å²) in [5.41, 5.74) is 5.39. The molecule has 0 aliphatic heterocycles. The van der Waals surface area contributed by atoms with E-state index >= 15 is 0 Å². The summed E-state index contributed by atoms with van der Waals surface area (Å²) in [7, 11) is 0. The van der Waals surface area contributed by atoms with Crippen LogP contribution in [-0.2, 0) is 11.2 Å². The molecular formula is C8H14N4OS. The topological polar surface area (TPSA) is 80.9 Å². The predicted molar refractivity (Wildman–Crippen MR) is 56.2 cm³/mol. The molecule has 0 aliphatic carbocycles. The van der Waals surface area contributed by atoms with Crippen LogP contribution in [0.2, 0.25) is 0 Å². The summed E-state index contributed by atoms with van der Waals surface area (Å²) in [6.07, 6.45) is 1.92. The number of aromatic nitrogens is 2. The van der Waals surface area contributed by atoms with Crippen molar-refractivity contribution >= 4 is 22.4 Å². The van der Waals surface area contributed by atoms with Crippen molar-refractivity contribution in [2.45, 2.75) is 32.7 Å². The summed E-state index contributed by atoms with van der Waals surface area (Å²) in [4.78, 5) is 11.2. The Balaban J connectivity index is 2.55. The average molecular weight is 214 g/mol. The minimum absolute atomic E-state index is 0.232. The molecule has 1 amide bonds. The average Bonchev–Trinajstić information content (AvgIpc) is 2.53. The molecule has 1 heterocycles. The monoisotopic (exact) mass is 214 g/mol.